The third kappa shape index (κ3) is 3.56. The van der Waals surface area contributed by atoms with E-state index in [9.17, 15) is 12.8 Å². The zero-order valence-corrected chi connectivity index (χ0v) is 13.3. The molecule has 0 aliphatic carbocycles. The molecule has 3 rings (SSSR count). The van der Waals surface area contributed by atoms with Crippen molar-refractivity contribution in [1.82, 2.24) is 9.62 Å². The van der Waals surface area contributed by atoms with Crippen molar-refractivity contribution in [1.29, 1.82) is 0 Å². The largest absolute Gasteiger partial charge is 0.315 e. The van der Waals surface area contributed by atoms with Gasteiger partial charge in [-0.15, -0.1) is 12.4 Å². The van der Waals surface area contributed by atoms with Crippen LogP contribution in [0, 0.1) is 5.82 Å². The quantitative estimate of drug-likeness (QED) is 0.918. The van der Waals surface area contributed by atoms with Gasteiger partial charge in [0.2, 0.25) is 10.0 Å². The van der Waals surface area contributed by atoms with Crippen molar-refractivity contribution in [2.75, 3.05) is 13.1 Å². The number of benzene rings is 1. The van der Waals surface area contributed by atoms with Gasteiger partial charge in [-0.25, -0.2) is 12.8 Å². The molecule has 2 bridgehead atoms. The lowest BCUT2D eigenvalue weighted by Crippen LogP contribution is -2.43. The zero-order chi connectivity index (χ0) is 14.2. The van der Waals surface area contributed by atoms with E-state index in [1.165, 1.54) is 12.1 Å². The minimum absolute atomic E-state index is 0. The number of halogens is 2. The Hall–Kier alpha value is -0.690. The highest BCUT2D eigenvalue weighted by Crippen LogP contribution is 2.32. The second kappa shape index (κ2) is 6.60. The lowest BCUT2D eigenvalue weighted by Gasteiger charge is -2.26. The van der Waals surface area contributed by atoms with Crippen LogP contribution in [0.15, 0.2) is 24.3 Å². The van der Waals surface area contributed by atoms with Gasteiger partial charge < -0.3 is 5.32 Å². The minimum Gasteiger partial charge on any atom is -0.315 e. The fourth-order valence-corrected chi connectivity index (χ4v) is 5.35. The highest BCUT2D eigenvalue weighted by atomic mass is 35.5. The highest BCUT2D eigenvalue weighted by Gasteiger charge is 2.42. The van der Waals surface area contributed by atoms with Crippen molar-refractivity contribution in [2.24, 2.45) is 0 Å². The standard InChI is InChI=1S/C14H19FN2O2S.ClH/c15-12-3-1-2-11(8-12)10-20(18,19)17-13-4-5-14(17)9-16-7-6-13;/h1-3,8,13-14,16H,4-7,9-10H2;1H. The van der Waals surface area contributed by atoms with Crippen molar-refractivity contribution in [2.45, 2.75) is 37.1 Å². The molecule has 1 aromatic carbocycles. The van der Waals surface area contributed by atoms with Crippen LogP contribution in [-0.2, 0) is 15.8 Å². The van der Waals surface area contributed by atoms with Crippen LogP contribution >= 0.6 is 12.4 Å². The van der Waals surface area contributed by atoms with E-state index in [1.54, 1.807) is 16.4 Å². The zero-order valence-electron chi connectivity index (χ0n) is 11.7. The summed E-state index contributed by atoms with van der Waals surface area (Å²) in [5.74, 6) is -0.504. The van der Waals surface area contributed by atoms with E-state index in [0.717, 1.165) is 32.4 Å². The molecule has 1 aromatic rings. The van der Waals surface area contributed by atoms with Crippen molar-refractivity contribution < 1.29 is 12.8 Å². The van der Waals surface area contributed by atoms with E-state index in [2.05, 4.69) is 5.32 Å². The smallest absolute Gasteiger partial charge is 0.218 e. The molecule has 2 unspecified atom stereocenters. The van der Waals surface area contributed by atoms with Crippen LogP contribution < -0.4 is 5.32 Å². The Labute approximate surface area is 131 Å². The summed E-state index contributed by atoms with van der Waals surface area (Å²) in [6.07, 6.45) is 2.72. The monoisotopic (exact) mass is 334 g/mol. The first-order valence-electron chi connectivity index (χ1n) is 7.02. The molecule has 4 nitrogen and oxygen atoms in total. The third-order valence-electron chi connectivity index (χ3n) is 4.15. The fraction of sp³-hybridized carbons (Fsp3) is 0.571. The second-order valence-electron chi connectivity index (χ2n) is 5.59. The van der Waals surface area contributed by atoms with E-state index in [1.807, 2.05) is 0 Å². The van der Waals surface area contributed by atoms with E-state index in [-0.39, 0.29) is 30.2 Å². The van der Waals surface area contributed by atoms with Crippen molar-refractivity contribution in [3.05, 3.63) is 35.6 Å². The normalized spacial score (nSPS) is 26.1. The molecule has 7 heteroatoms. The second-order valence-corrected chi connectivity index (χ2v) is 7.47. The van der Waals surface area contributed by atoms with Gasteiger partial charge in [0.25, 0.3) is 0 Å². The van der Waals surface area contributed by atoms with Crippen LogP contribution in [0.25, 0.3) is 0 Å². The molecule has 118 valence electrons. The SMILES string of the molecule is Cl.O=S(=O)(Cc1cccc(F)c1)N1C2CCNCC1CC2. The molecule has 2 atom stereocenters. The maximum Gasteiger partial charge on any atom is 0.218 e. The Kier molecular flexibility index (Phi) is 5.24. The van der Waals surface area contributed by atoms with E-state index in [0.29, 0.717) is 5.56 Å². The first kappa shape index (κ1) is 16.7. The number of fused-ring (bicyclic) bond motifs is 2. The van der Waals surface area contributed by atoms with Gasteiger partial charge in [0.15, 0.2) is 0 Å². The predicted molar refractivity (Wildman–Crippen MR) is 82.4 cm³/mol. The molecule has 2 fully saturated rings. The molecule has 0 spiro atoms. The van der Waals surface area contributed by atoms with Crippen molar-refractivity contribution >= 4 is 22.4 Å². The van der Waals surface area contributed by atoms with E-state index >= 15 is 0 Å². The number of nitrogens with one attached hydrogen (secondary N) is 1. The molecular weight excluding hydrogens is 315 g/mol. The summed E-state index contributed by atoms with van der Waals surface area (Å²) >= 11 is 0. The van der Waals surface area contributed by atoms with Crippen LogP contribution in [0.5, 0.6) is 0 Å². The van der Waals surface area contributed by atoms with Gasteiger partial charge in [-0.1, -0.05) is 12.1 Å². The maximum atomic E-state index is 13.2. The van der Waals surface area contributed by atoms with Gasteiger partial charge in [-0.3, -0.25) is 0 Å². The maximum absolute atomic E-state index is 13.2. The Balaban J connectivity index is 0.00000161. The van der Waals surface area contributed by atoms with Crippen molar-refractivity contribution in [3.63, 3.8) is 0 Å². The summed E-state index contributed by atoms with van der Waals surface area (Å²) in [6.45, 7) is 1.59. The number of nitrogens with zero attached hydrogens (tertiary/aromatic N) is 1. The van der Waals surface area contributed by atoms with E-state index in [4.69, 9.17) is 0 Å². The topological polar surface area (TPSA) is 49.4 Å². The van der Waals surface area contributed by atoms with Crippen molar-refractivity contribution in [3.8, 4) is 0 Å². The van der Waals surface area contributed by atoms with Gasteiger partial charge in [-0.05, 0) is 43.5 Å². The molecule has 0 saturated carbocycles. The van der Waals surface area contributed by atoms with Crippen LogP contribution in [0.3, 0.4) is 0 Å². The molecule has 2 saturated heterocycles. The van der Waals surface area contributed by atoms with Gasteiger partial charge >= 0.3 is 0 Å². The Bertz CT molecular complexity index is 582. The van der Waals surface area contributed by atoms with Gasteiger partial charge in [0, 0.05) is 18.6 Å². The first-order valence-corrected chi connectivity index (χ1v) is 8.63. The summed E-state index contributed by atoms with van der Waals surface area (Å²) < 4.78 is 40.2. The molecule has 1 N–H and O–H groups in total. The Morgan fingerprint density at radius 2 is 2.00 bits per heavy atom. The molecule has 0 amide bonds. The highest BCUT2D eigenvalue weighted by molar-refractivity contribution is 7.88. The molecule has 21 heavy (non-hydrogen) atoms. The van der Waals surface area contributed by atoms with Crippen LogP contribution in [0.4, 0.5) is 4.39 Å². The average molecular weight is 335 g/mol. The Morgan fingerprint density at radius 1 is 1.24 bits per heavy atom. The van der Waals surface area contributed by atoms with E-state index < -0.39 is 15.8 Å². The van der Waals surface area contributed by atoms with Gasteiger partial charge in [0.05, 0.1) is 5.75 Å². The summed E-state index contributed by atoms with van der Waals surface area (Å²) in [7, 11) is -3.39. The molecule has 2 aliphatic rings. The summed E-state index contributed by atoms with van der Waals surface area (Å²) in [6, 6.07) is 6.01. The lowest BCUT2D eigenvalue weighted by molar-refractivity contribution is 0.334. The summed E-state index contributed by atoms with van der Waals surface area (Å²) in [5, 5.41) is 3.29. The Morgan fingerprint density at radius 3 is 2.76 bits per heavy atom. The third-order valence-corrected chi connectivity index (χ3v) is 6.08. The number of hydrogen-bond acceptors (Lipinski definition) is 3. The van der Waals surface area contributed by atoms with Gasteiger partial charge in [0.1, 0.15) is 5.82 Å². The predicted octanol–water partition coefficient (Wildman–Crippen LogP) is 1.90. The fourth-order valence-electron chi connectivity index (χ4n) is 3.30. The van der Waals surface area contributed by atoms with Crippen LogP contribution in [0.1, 0.15) is 24.8 Å². The summed E-state index contributed by atoms with van der Waals surface area (Å²) in [4.78, 5) is 0. The van der Waals surface area contributed by atoms with Crippen LogP contribution in [-0.4, -0.2) is 37.9 Å². The first-order chi connectivity index (χ1) is 9.56. The molecule has 2 aliphatic heterocycles. The van der Waals surface area contributed by atoms with Gasteiger partial charge in [-0.2, -0.15) is 4.31 Å². The molecule has 2 heterocycles. The number of rotatable bonds is 3. The molecule has 0 aromatic heterocycles. The summed E-state index contributed by atoms with van der Waals surface area (Å²) in [5.41, 5.74) is 0.515. The van der Waals surface area contributed by atoms with Crippen LogP contribution in [0.2, 0.25) is 0 Å². The molecule has 0 radical (unpaired) electrons. The number of hydrogen-bond donors (Lipinski definition) is 1. The number of sulfonamides is 1. The lowest BCUT2D eigenvalue weighted by atomic mass is 10.1. The average Bonchev–Trinajstić information content (AvgIpc) is 2.63. The minimum atomic E-state index is -3.39. The molecular formula is C14H20ClFN2O2S.